The van der Waals surface area contributed by atoms with E-state index in [4.69, 9.17) is 4.74 Å². The fourth-order valence-electron chi connectivity index (χ4n) is 2.37. The van der Waals surface area contributed by atoms with Crippen molar-refractivity contribution in [2.75, 3.05) is 33.1 Å². The van der Waals surface area contributed by atoms with Crippen LogP contribution in [0.25, 0.3) is 0 Å². The zero-order valence-electron chi connectivity index (χ0n) is 13.4. The zero-order chi connectivity index (χ0) is 16.9. The fourth-order valence-corrected chi connectivity index (χ4v) is 3.54. The molecule has 0 radical (unpaired) electrons. The highest BCUT2D eigenvalue weighted by molar-refractivity contribution is 7.89. The first kappa shape index (κ1) is 17.8. The summed E-state index contributed by atoms with van der Waals surface area (Å²) in [6.45, 7) is 1.31. The van der Waals surface area contributed by atoms with E-state index in [1.807, 2.05) is 0 Å². The van der Waals surface area contributed by atoms with Crippen molar-refractivity contribution in [3.8, 4) is 0 Å². The van der Waals surface area contributed by atoms with Crippen molar-refractivity contribution in [2.45, 2.75) is 25.4 Å². The molecule has 0 aliphatic carbocycles. The highest BCUT2D eigenvalue weighted by Crippen LogP contribution is 2.17. The summed E-state index contributed by atoms with van der Waals surface area (Å²) in [5, 5.41) is 6.85. The first-order chi connectivity index (χ1) is 10.9. The molecule has 23 heavy (non-hydrogen) atoms. The number of aromatic nitrogens is 3. The van der Waals surface area contributed by atoms with Gasteiger partial charge in [0.2, 0.25) is 15.9 Å². The Bertz CT molecular complexity index is 602. The molecule has 0 spiro atoms. The smallest absolute Gasteiger partial charge is 0.220 e. The van der Waals surface area contributed by atoms with Gasteiger partial charge in [0.1, 0.15) is 12.7 Å². The van der Waals surface area contributed by atoms with Gasteiger partial charge in [0, 0.05) is 33.0 Å². The third-order valence-corrected chi connectivity index (χ3v) is 5.75. The van der Waals surface area contributed by atoms with E-state index >= 15 is 0 Å². The molecule has 0 unspecified atom stereocenters. The van der Waals surface area contributed by atoms with Gasteiger partial charge in [-0.3, -0.25) is 9.48 Å². The average molecular weight is 345 g/mol. The van der Waals surface area contributed by atoms with E-state index in [9.17, 15) is 13.2 Å². The molecule has 1 aromatic rings. The second-order valence-electron chi connectivity index (χ2n) is 5.79. The second kappa shape index (κ2) is 7.84. The van der Waals surface area contributed by atoms with Crippen molar-refractivity contribution in [1.29, 1.82) is 0 Å². The topological polar surface area (TPSA) is 106 Å². The number of carbonyl (C=O) groups excluding carboxylic acids is 1. The SMILES string of the molecule is CN(C)S(=O)(=O)C[C@@H]1COC[C@H]1NC(=O)CCCn1cncn1. The lowest BCUT2D eigenvalue weighted by atomic mass is 10.1. The lowest BCUT2D eigenvalue weighted by Gasteiger charge is -2.21. The van der Waals surface area contributed by atoms with Crippen LogP contribution < -0.4 is 5.32 Å². The summed E-state index contributed by atoms with van der Waals surface area (Å²) >= 11 is 0. The lowest BCUT2D eigenvalue weighted by Crippen LogP contribution is -2.43. The lowest BCUT2D eigenvalue weighted by molar-refractivity contribution is -0.122. The van der Waals surface area contributed by atoms with Gasteiger partial charge in [-0.05, 0) is 6.42 Å². The number of carbonyl (C=O) groups is 1. The van der Waals surface area contributed by atoms with E-state index in [1.165, 1.54) is 24.7 Å². The van der Waals surface area contributed by atoms with Crippen LogP contribution in [0.2, 0.25) is 0 Å². The minimum Gasteiger partial charge on any atom is -0.379 e. The van der Waals surface area contributed by atoms with Crippen LogP contribution in [0, 0.1) is 5.92 Å². The number of hydrogen-bond acceptors (Lipinski definition) is 6. The number of nitrogens with zero attached hydrogens (tertiary/aromatic N) is 4. The highest BCUT2D eigenvalue weighted by Gasteiger charge is 2.33. The Morgan fingerprint density at radius 2 is 2.22 bits per heavy atom. The molecule has 2 heterocycles. The van der Waals surface area contributed by atoms with Crippen LogP contribution in [0.15, 0.2) is 12.7 Å². The summed E-state index contributed by atoms with van der Waals surface area (Å²) in [4.78, 5) is 15.8. The van der Waals surface area contributed by atoms with Crippen molar-refractivity contribution in [2.24, 2.45) is 5.92 Å². The summed E-state index contributed by atoms with van der Waals surface area (Å²) in [5.41, 5.74) is 0. The maximum Gasteiger partial charge on any atom is 0.220 e. The molecule has 0 aromatic carbocycles. The Hall–Kier alpha value is -1.52. The quantitative estimate of drug-likeness (QED) is 0.653. The molecule has 1 N–H and O–H groups in total. The standard InChI is InChI=1S/C13H23N5O4S/c1-17(2)23(20,21)8-11-6-22-7-12(11)16-13(19)4-3-5-18-10-14-9-15-18/h9-12H,3-8H2,1-2H3,(H,16,19)/t11-,12+/m0/s1. The van der Waals surface area contributed by atoms with Gasteiger partial charge in [-0.25, -0.2) is 17.7 Å². The monoisotopic (exact) mass is 345 g/mol. The molecule has 1 amide bonds. The number of rotatable bonds is 8. The summed E-state index contributed by atoms with van der Waals surface area (Å²) in [7, 11) is -0.308. The van der Waals surface area contributed by atoms with Crippen molar-refractivity contribution in [1.82, 2.24) is 24.4 Å². The Balaban J connectivity index is 1.77. The Labute approximate surface area is 136 Å². The number of nitrogens with one attached hydrogen (secondary N) is 1. The van der Waals surface area contributed by atoms with E-state index in [0.29, 0.717) is 32.6 Å². The molecule has 9 nitrogen and oxygen atoms in total. The van der Waals surface area contributed by atoms with Crippen LogP contribution in [0.3, 0.4) is 0 Å². The first-order valence-electron chi connectivity index (χ1n) is 7.48. The molecule has 1 fully saturated rings. The summed E-state index contributed by atoms with van der Waals surface area (Å²) in [6.07, 6.45) is 4.05. The molecule has 0 saturated carbocycles. The predicted octanol–water partition coefficient (Wildman–Crippen LogP) is -0.919. The minimum absolute atomic E-state index is 0.0239. The zero-order valence-corrected chi connectivity index (χ0v) is 14.2. The molecule has 1 saturated heterocycles. The molecule has 2 rings (SSSR count). The second-order valence-corrected chi connectivity index (χ2v) is 8.02. The molecule has 2 atom stereocenters. The van der Waals surface area contributed by atoms with Crippen LogP contribution in [-0.2, 0) is 26.1 Å². The number of amides is 1. The summed E-state index contributed by atoms with van der Waals surface area (Å²) < 4.78 is 32.1. The van der Waals surface area contributed by atoms with Crippen LogP contribution in [-0.4, -0.2) is 72.5 Å². The Morgan fingerprint density at radius 3 is 2.87 bits per heavy atom. The van der Waals surface area contributed by atoms with Gasteiger partial charge in [-0.2, -0.15) is 5.10 Å². The van der Waals surface area contributed by atoms with Crippen LogP contribution in [0.1, 0.15) is 12.8 Å². The van der Waals surface area contributed by atoms with E-state index < -0.39 is 10.0 Å². The predicted molar refractivity (Wildman–Crippen MR) is 83.0 cm³/mol. The van der Waals surface area contributed by atoms with Crippen molar-refractivity contribution in [3.05, 3.63) is 12.7 Å². The van der Waals surface area contributed by atoms with E-state index in [2.05, 4.69) is 15.4 Å². The van der Waals surface area contributed by atoms with Gasteiger partial charge < -0.3 is 10.1 Å². The molecule has 10 heteroatoms. The number of aryl methyl sites for hydroxylation is 1. The summed E-state index contributed by atoms with van der Waals surface area (Å²) in [5.74, 6) is -0.348. The first-order valence-corrected chi connectivity index (χ1v) is 9.09. The van der Waals surface area contributed by atoms with Crippen molar-refractivity contribution < 1.29 is 17.9 Å². The number of sulfonamides is 1. The van der Waals surface area contributed by atoms with E-state index in [0.717, 1.165) is 0 Å². The van der Waals surface area contributed by atoms with Gasteiger partial charge in [-0.15, -0.1) is 0 Å². The van der Waals surface area contributed by atoms with Crippen LogP contribution in [0.5, 0.6) is 0 Å². The van der Waals surface area contributed by atoms with Crippen LogP contribution in [0.4, 0.5) is 0 Å². The molecule has 1 aromatic heterocycles. The van der Waals surface area contributed by atoms with E-state index in [-0.39, 0.29) is 23.6 Å². The molecule has 130 valence electrons. The highest BCUT2D eigenvalue weighted by atomic mass is 32.2. The molecular weight excluding hydrogens is 322 g/mol. The maximum atomic E-state index is 12.0. The minimum atomic E-state index is -3.31. The average Bonchev–Trinajstić information content (AvgIpc) is 3.11. The Kier molecular flexibility index (Phi) is 6.08. The largest absolute Gasteiger partial charge is 0.379 e. The molecule has 0 bridgehead atoms. The van der Waals surface area contributed by atoms with Gasteiger partial charge >= 0.3 is 0 Å². The third-order valence-electron chi connectivity index (χ3n) is 3.78. The fraction of sp³-hybridized carbons (Fsp3) is 0.769. The van der Waals surface area contributed by atoms with Crippen molar-refractivity contribution >= 4 is 15.9 Å². The van der Waals surface area contributed by atoms with Crippen LogP contribution >= 0.6 is 0 Å². The number of hydrogen-bond donors (Lipinski definition) is 1. The molecule has 1 aliphatic rings. The van der Waals surface area contributed by atoms with E-state index in [1.54, 1.807) is 11.0 Å². The Morgan fingerprint density at radius 1 is 1.43 bits per heavy atom. The number of ether oxygens (including phenoxy) is 1. The normalized spacial score (nSPS) is 21.7. The van der Waals surface area contributed by atoms with Gasteiger partial charge in [0.25, 0.3) is 0 Å². The van der Waals surface area contributed by atoms with Crippen molar-refractivity contribution in [3.63, 3.8) is 0 Å². The summed E-state index contributed by atoms with van der Waals surface area (Å²) in [6, 6.07) is -0.261. The van der Waals surface area contributed by atoms with Gasteiger partial charge in [-0.1, -0.05) is 0 Å². The third kappa shape index (κ3) is 5.26. The van der Waals surface area contributed by atoms with Gasteiger partial charge in [0.05, 0.1) is 25.0 Å². The van der Waals surface area contributed by atoms with Gasteiger partial charge in [0.15, 0.2) is 0 Å². The molecular formula is C13H23N5O4S. The molecule has 1 aliphatic heterocycles. The maximum absolute atomic E-state index is 12.0.